The molecule has 1 heterocycles. The van der Waals surface area contributed by atoms with Crippen LogP contribution in [0.15, 0.2) is 0 Å². The first kappa shape index (κ1) is 15.5. The van der Waals surface area contributed by atoms with E-state index in [-0.39, 0.29) is 12.8 Å². The van der Waals surface area contributed by atoms with Gasteiger partial charge in [-0.25, -0.2) is 4.79 Å². The average Bonchev–Trinajstić information content (AvgIpc) is 2.79. The molecule has 1 saturated carbocycles. The van der Waals surface area contributed by atoms with E-state index < -0.39 is 33.2 Å². The summed E-state index contributed by atoms with van der Waals surface area (Å²) in [6, 6.07) is 0. The molecular formula is C10H14F2O7S. The minimum atomic E-state index is -5.83. The van der Waals surface area contributed by atoms with E-state index in [4.69, 9.17) is 14.0 Å². The predicted molar refractivity (Wildman–Crippen MR) is 59.5 cm³/mol. The Morgan fingerprint density at radius 1 is 1.25 bits per heavy atom. The first-order valence-electron chi connectivity index (χ1n) is 6.00. The molecule has 0 unspecified atom stereocenters. The van der Waals surface area contributed by atoms with Gasteiger partial charge in [0.25, 0.3) is 0 Å². The van der Waals surface area contributed by atoms with Crippen LogP contribution in [0.25, 0.3) is 0 Å². The van der Waals surface area contributed by atoms with Crippen molar-refractivity contribution in [2.24, 2.45) is 0 Å². The van der Waals surface area contributed by atoms with Crippen LogP contribution in [0.5, 0.6) is 0 Å². The number of carbonyl (C=O) groups excluding carboxylic acids is 1. The molecule has 2 rings (SSSR count). The second kappa shape index (κ2) is 5.17. The van der Waals surface area contributed by atoms with Crippen LogP contribution in [0, 0.1) is 0 Å². The summed E-state index contributed by atoms with van der Waals surface area (Å²) in [7, 11) is -5.83. The zero-order chi connectivity index (χ0) is 15.0. The summed E-state index contributed by atoms with van der Waals surface area (Å²) in [5, 5.41) is -4.96. The summed E-state index contributed by atoms with van der Waals surface area (Å²) in [6.07, 6.45) is 0.305. The normalized spacial score (nSPS) is 23.9. The number of ether oxygens (including phenoxy) is 3. The second-order valence-electron chi connectivity index (χ2n) is 4.70. The van der Waals surface area contributed by atoms with Crippen LogP contribution < -0.4 is 0 Å². The first-order valence-corrected chi connectivity index (χ1v) is 7.44. The molecule has 1 saturated heterocycles. The molecule has 2 fully saturated rings. The molecule has 20 heavy (non-hydrogen) atoms. The van der Waals surface area contributed by atoms with Crippen molar-refractivity contribution in [2.45, 2.75) is 42.8 Å². The van der Waals surface area contributed by atoms with Gasteiger partial charge in [-0.1, -0.05) is 0 Å². The molecule has 1 N–H and O–H groups in total. The van der Waals surface area contributed by atoms with Gasteiger partial charge in [0, 0.05) is 12.8 Å². The Kier molecular flexibility index (Phi) is 4.02. The Labute approximate surface area is 113 Å². The summed E-state index contributed by atoms with van der Waals surface area (Å²) in [5.41, 5.74) is 0. The van der Waals surface area contributed by atoms with Gasteiger partial charge in [-0.05, 0) is 12.8 Å². The molecule has 0 bridgehead atoms. The Bertz CT molecular complexity index is 474. The number of carbonyl (C=O) groups is 1. The molecule has 0 aromatic rings. The standard InChI is InChI=1S/C10H14F2O7S/c11-10(12,20(14,15)16)8(13)19-7-1-3-9(4-2-7)17-5-6-18-9/h7H,1-6H2,(H,14,15,16). The minimum absolute atomic E-state index is 0.216. The molecule has 1 aliphatic carbocycles. The van der Waals surface area contributed by atoms with Gasteiger partial charge in [0.15, 0.2) is 5.79 Å². The van der Waals surface area contributed by atoms with Crippen molar-refractivity contribution < 1.29 is 40.8 Å². The quantitative estimate of drug-likeness (QED) is 0.604. The summed E-state index contributed by atoms with van der Waals surface area (Å²) in [6.45, 7) is 0.899. The highest BCUT2D eigenvalue weighted by Crippen LogP contribution is 2.37. The summed E-state index contributed by atoms with van der Waals surface area (Å²) >= 11 is 0. The monoisotopic (exact) mass is 316 g/mol. The minimum Gasteiger partial charge on any atom is -0.457 e. The summed E-state index contributed by atoms with van der Waals surface area (Å²) in [4.78, 5) is 11.1. The fourth-order valence-corrected chi connectivity index (χ4v) is 2.52. The average molecular weight is 316 g/mol. The zero-order valence-corrected chi connectivity index (χ0v) is 11.2. The van der Waals surface area contributed by atoms with Crippen LogP contribution in [0.4, 0.5) is 8.78 Å². The van der Waals surface area contributed by atoms with Gasteiger partial charge in [0.1, 0.15) is 6.10 Å². The van der Waals surface area contributed by atoms with Crippen LogP contribution in [0.1, 0.15) is 25.7 Å². The fourth-order valence-electron chi connectivity index (χ4n) is 2.26. The number of esters is 1. The van der Waals surface area contributed by atoms with Crippen LogP contribution in [0.3, 0.4) is 0 Å². The molecule has 7 nitrogen and oxygen atoms in total. The van der Waals surface area contributed by atoms with E-state index in [1.165, 1.54) is 0 Å². The molecule has 0 atom stereocenters. The third kappa shape index (κ3) is 2.92. The third-order valence-corrected chi connectivity index (χ3v) is 4.16. The summed E-state index contributed by atoms with van der Waals surface area (Å²) in [5.74, 6) is -3.01. The Hall–Kier alpha value is -0.840. The van der Waals surface area contributed by atoms with E-state index in [2.05, 4.69) is 4.74 Å². The number of hydrogen-bond acceptors (Lipinski definition) is 6. The first-order chi connectivity index (χ1) is 9.16. The van der Waals surface area contributed by atoms with Crippen molar-refractivity contribution in [1.82, 2.24) is 0 Å². The van der Waals surface area contributed by atoms with Crippen molar-refractivity contribution in [2.75, 3.05) is 13.2 Å². The maximum atomic E-state index is 13.0. The van der Waals surface area contributed by atoms with Crippen LogP contribution >= 0.6 is 0 Å². The van der Waals surface area contributed by atoms with Crippen LogP contribution in [-0.4, -0.2) is 49.3 Å². The molecule has 10 heteroatoms. The molecule has 116 valence electrons. The van der Waals surface area contributed by atoms with Crippen molar-refractivity contribution in [3.05, 3.63) is 0 Å². The molecule has 0 aromatic heterocycles. The molecule has 0 amide bonds. The van der Waals surface area contributed by atoms with Gasteiger partial charge in [0.2, 0.25) is 0 Å². The van der Waals surface area contributed by atoms with Gasteiger partial charge >= 0.3 is 21.3 Å². The number of hydrogen-bond donors (Lipinski definition) is 1. The van der Waals surface area contributed by atoms with Gasteiger partial charge in [-0.15, -0.1) is 0 Å². The lowest BCUT2D eigenvalue weighted by molar-refractivity contribution is -0.199. The van der Waals surface area contributed by atoms with Crippen molar-refractivity contribution >= 4 is 16.1 Å². The van der Waals surface area contributed by atoms with Gasteiger partial charge in [-0.2, -0.15) is 17.2 Å². The van der Waals surface area contributed by atoms with E-state index in [0.717, 1.165) is 0 Å². The number of alkyl halides is 2. The van der Waals surface area contributed by atoms with Gasteiger partial charge in [-0.3, -0.25) is 4.55 Å². The lowest BCUT2D eigenvalue weighted by Crippen LogP contribution is -2.43. The highest BCUT2D eigenvalue weighted by Gasteiger charge is 2.55. The lowest BCUT2D eigenvalue weighted by Gasteiger charge is -2.35. The zero-order valence-electron chi connectivity index (χ0n) is 10.4. The van der Waals surface area contributed by atoms with Crippen molar-refractivity contribution in [1.29, 1.82) is 0 Å². The predicted octanol–water partition coefficient (Wildman–Crippen LogP) is 0.696. The molecule has 1 aliphatic heterocycles. The third-order valence-electron chi connectivity index (χ3n) is 3.34. The van der Waals surface area contributed by atoms with Gasteiger partial charge in [0.05, 0.1) is 13.2 Å². The topological polar surface area (TPSA) is 99.1 Å². The second-order valence-corrected chi connectivity index (χ2v) is 6.17. The van der Waals surface area contributed by atoms with Crippen LogP contribution in [-0.2, 0) is 29.1 Å². The Morgan fingerprint density at radius 3 is 2.20 bits per heavy atom. The Balaban J connectivity index is 1.91. The maximum Gasteiger partial charge on any atom is 0.465 e. The SMILES string of the molecule is O=C(OC1CCC2(CC1)OCCO2)C(F)(F)S(=O)(=O)O. The largest absolute Gasteiger partial charge is 0.465 e. The molecule has 0 aromatic carbocycles. The van der Waals surface area contributed by atoms with E-state index in [9.17, 15) is 22.0 Å². The number of rotatable bonds is 3. The molecule has 2 aliphatic rings. The lowest BCUT2D eigenvalue weighted by atomic mass is 9.92. The van der Waals surface area contributed by atoms with Crippen LogP contribution in [0.2, 0.25) is 0 Å². The molecular weight excluding hydrogens is 302 g/mol. The highest BCUT2D eigenvalue weighted by atomic mass is 32.2. The fraction of sp³-hybridized carbons (Fsp3) is 0.900. The summed E-state index contributed by atoms with van der Waals surface area (Å²) < 4.78 is 70.4. The Morgan fingerprint density at radius 2 is 1.75 bits per heavy atom. The smallest absolute Gasteiger partial charge is 0.457 e. The van der Waals surface area contributed by atoms with E-state index in [1.54, 1.807) is 0 Å². The highest BCUT2D eigenvalue weighted by molar-refractivity contribution is 7.87. The van der Waals surface area contributed by atoms with E-state index >= 15 is 0 Å². The molecule has 1 spiro atoms. The van der Waals surface area contributed by atoms with E-state index in [1.807, 2.05) is 0 Å². The maximum absolute atomic E-state index is 13.0. The molecule has 0 radical (unpaired) electrons. The van der Waals surface area contributed by atoms with Gasteiger partial charge < -0.3 is 14.2 Å². The number of halogens is 2. The van der Waals surface area contributed by atoms with Crippen molar-refractivity contribution in [3.8, 4) is 0 Å². The van der Waals surface area contributed by atoms with Crippen molar-refractivity contribution in [3.63, 3.8) is 0 Å². The van der Waals surface area contributed by atoms with E-state index in [0.29, 0.717) is 26.1 Å².